The summed E-state index contributed by atoms with van der Waals surface area (Å²) >= 11 is 0. The summed E-state index contributed by atoms with van der Waals surface area (Å²) in [6.45, 7) is 8.35. The third-order valence-electron chi connectivity index (χ3n) is 8.25. The van der Waals surface area contributed by atoms with Crippen LogP contribution in [-0.4, -0.2) is 56.9 Å². The number of hydrogen-bond acceptors (Lipinski definition) is 3. The Morgan fingerprint density at radius 3 is 2.05 bits per heavy atom. The van der Waals surface area contributed by atoms with Crippen LogP contribution in [0.25, 0.3) is 5.57 Å². The molecule has 7 nitrogen and oxygen atoms in total. The van der Waals surface area contributed by atoms with Gasteiger partial charge in [-0.15, -0.1) is 0 Å². The Hall–Kier alpha value is -3.69. The largest absolute Gasteiger partial charge is 0.737 e. The lowest BCUT2D eigenvalue weighted by Crippen LogP contribution is -2.51. The van der Waals surface area contributed by atoms with Crippen molar-refractivity contribution in [1.29, 1.82) is 0 Å². The fraction of sp³-hybridized carbons (Fsp3) is 0.414. The fourth-order valence-electron chi connectivity index (χ4n) is 6.34. The van der Waals surface area contributed by atoms with Gasteiger partial charge < -0.3 is 32.7 Å². The van der Waals surface area contributed by atoms with E-state index in [0.29, 0.717) is 50.6 Å². The van der Waals surface area contributed by atoms with Crippen molar-refractivity contribution in [1.82, 2.24) is 4.48 Å². The number of anilines is 1. The average Bonchev–Trinajstić information content (AvgIpc) is 3.28. The summed E-state index contributed by atoms with van der Waals surface area (Å²) in [4.78, 5) is 24.9. The molecule has 1 aromatic carbocycles. The number of aromatic nitrogens is 1. The Morgan fingerprint density at radius 1 is 0.949 bits per heavy atom. The molecule has 0 atom stereocenters. The maximum Gasteiger partial charge on any atom is 0.737 e. The van der Waals surface area contributed by atoms with Crippen LogP contribution in [0.1, 0.15) is 75.0 Å². The maximum atomic E-state index is 16.6. The van der Waals surface area contributed by atoms with Crippen molar-refractivity contribution in [3.63, 3.8) is 0 Å². The van der Waals surface area contributed by atoms with Crippen LogP contribution in [0.2, 0.25) is 0 Å². The molecule has 4 rings (SSSR count). The molecule has 0 unspecified atom stereocenters. The number of hydrogen-bond donors (Lipinski definition) is 2. The average molecular weight is 539 g/mol. The molecule has 0 radical (unpaired) electrons. The molecule has 0 spiro atoms. The summed E-state index contributed by atoms with van der Waals surface area (Å²) in [6.07, 6.45) is 0.0106. The Kier molecular flexibility index (Phi) is 7.60. The van der Waals surface area contributed by atoms with Crippen LogP contribution >= 0.6 is 0 Å². The van der Waals surface area contributed by atoms with Crippen LogP contribution in [0.4, 0.5) is 14.3 Å². The van der Waals surface area contributed by atoms with E-state index in [4.69, 9.17) is 0 Å². The van der Waals surface area contributed by atoms with Crippen LogP contribution < -0.4 is 4.90 Å². The Balaban J connectivity index is 2.04. The van der Waals surface area contributed by atoms with Gasteiger partial charge in [0.05, 0.1) is 5.57 Å². The summed E-state index contributed by atoms with van der Waals surface area (Å²) < 4.78 is 35.4. The second-order valence-electron chi connectivity index (χ2n) is 10.3. The molecule has 0 amide bonds. The van der Waals surface area contributed by atoms with Crippen LogP contribution in [0, 0.1) is 13.8 Å². The normalized spacial score (nSPS) is 16.1. The predicted molar refractivity (Wildman–Crippen MR) is 150 cm³/mol. The van der Waals surface area contributed by atoms with Gasteiger partial charge >= 0.3 is 18.9 Å². The minimum Gasteiger partial charge on any atom is -0.481 e. The molecule has 2 N–H and O–H groups in total. The van der Waals surface area contributed by atoms with Crippen molar-refractivity contribution in [3.8, 4) is 0 Å². The smallest absolute Gasteiger partial charge is 0.481 e. The lowest BCUT2D eigenvalue weighted by atomic mass is 9.83. The maximum absolute atomic E-state index is 16.6. The van der Waals surface area contributed by atoms with Crippen LogP contribution in [-0.2, 0) is 16.0 Å². The number of carboxylic acids is 2. The SMILES string of the molecule is CCN(CC)c1ccc(C2=C3C(C)=C(CCC(=O)O)C(C)=[N+]3[B-](F)(F)n3c(C)c(CCC(=O)O)c(C)c32)cc1. The quantitative estimate of drug-likeness (QED) is 0.382. The standard InChI is InChI=1S/C29H36BF2N3O4/c1-7-33(8-2)22-11-9-21(10-12-22)27-28-17(3)23(13-15-25(36)37)19(5)34(28)30(31,32)35-20(6)24(14-16-26(38)39)18(4)29(27)35/h9-12H,7-8,13-16H2,1-6H3,(H,36,37)(H,38,39). The number of nitrogens with zero attached hydrogens (tertiary/aromatic N) is 3. The highest BCUT2D eigenvalue weighted by Crippen LogP contribution is 2.47. The number of fused-ring (bicyclic) bond motifs is 2. The van der Waals surface area contributed by atoms with Crippen molar-refractivity contribution < 1.29 is 32.9 Å². The molecule has 2 aromatic rings. The lowest BCUT2D eigenvalue weighted by Gasteiger charge is -2.34. The molecule has 2 aliphatic heterocycles. The van der Waals surface area contributed by atoms with Crippen LogP contribution in [0.15, 0.2) is 41.1 Å². The molecule has 2 aliphatic rings. The summed E-state index contributed by atoms with van der Waals surface area (Å²) in [6, 6.07) is 7.89. The molecule has 0 bridgehead atoms. The summed E-state index contributed by atoms with van der Waals surface area (Å²) in [5.41, 5.74) is 6.50. The Morgan fingerprint density at radius 2 is 1.51 bits per heavy atom. The zero-order valence-electron chi connectivity index (χ0n) is 23.4. The van der Waals surface area contributed by atoms with E-state index in [2.05, 4.69) is 18.7 Å². The van der Waals surface area contributed by atoms with Gasteiger partial charge in [0.2, 0.25) is 0 Å². The van der Waals surface area contributed by atoms with Crippen molar-refractivity contribution in [2.24, 2.45) is 0 Å². The van der Waals surface area contributed by atoms with E-state index in [1.165, 1.54) is 0 Å². The first-order valence-corrected chi connectivity index (χ1v) is 13.5. The van der Waals surface area contributed by atoms with E-state index in [9.17, 15) is 19.8 Å². The number of rotatable bonds is 10. The van der Waals surface area contributed by atoms with E-state index in [-0.39, 0.29) is 25.7 Å². The highest BCUT2D eigenvalue weighted by molar-refractivity contribution is 6.58. The Bertz CT molecular complexity index is 1450. The highest BCUT2D eigenvalue weighted by atomic mass is 19.2. The van der Waals surface area contributed by atoms with Crippen LogP contribution in [0.3, 0.4) is 0 Å². The van der Waals surface area contributed by atoms with E-state index < -0.39 is 18.9 Å². The molecule has 0 fully saturated rings. The predicted octanol–water partition coefficient (Wildman–Crippen LogP) is 5.63. The van der Waals surface area contributed by atoms with E-state index >= 15 is 8.63 Å². The first-order chi connectivity index (χ1) is 18.4. The van der Waals surface area contributed by atoms with Gasteiger partial charge in [-0.2, -0.15) is 0 Å². The number of halogens is 2. The Labute approximate surface area is 227 Å². The van der Waals surface area contributed by atoms with Gasteiger partial charge in [-0.05, 0) is 82.0 Å². The molecule has 10 heteroatoms. The molecule has 0 aliphatic carbocycles. The van der Waals surface area contributed by atoms with Crippen molar-refractivity contribution in [2.45, 2.75) is 67.2 Å². The highest BCUT2D eigenvalue weighted by Gasteiger charge is 2.56. The van der Waals surface area contributed by atoms with Crippen molar-refractivity contribution in [3.05, 3.63) is 69.2 Å². The molecular formula is C29H36BF2N3O4. The van der Waals surface area contributed by atoms with Gasteiger partial charge in [-0.3, -0.25) is 9.59 Å². The second-order valence-corrected chi connectivity index (χ2v) is 10.3. The van der Waals surface area contributed by atoms with Gasteiger partial charge in [0, 0.05) is 55.4 Å². The molecule has 0 saturated carbocycles. The van der Waals surface area contributed by atoms with Crippen molar-refractivity contribution in [2.75, 3.05) is 18.0 Å². The van der Waals surface area contributed by atoms with Gasteiger partial charge in [0.15, 0.2) is 5.70 Å². The first-order valence-electron chi connectivity index (χ1n) is 13.5. The van der Waals surface area contributed by atoms with E-state index in [0.717, 1.165) is 33.3 Å². The summed E-state index contributed by atoms with van der Waals surface area (Å²) in [5, 5.41) is 18.6. The molecule has 208 valence electrons. The molecule has 3 heterocycles. The van der Waals surface area contributed by atoms with Crippen LogP contribution in [0.5, 0.6) is 0 Å². The minimum atomic E-state index is -4.32. The number of benzene rings is 1. The zero-order valence-corrected chi connectivity index (χ0v) is 23.4. The molecule has 0 saturated heterocycles. The monoisotopic (exact) mass is 539 g/mol. The van der Waals surface area contributed by atoms with Gasteiger partial charge in [-0.25, -0.2) is 0 Å². The molecule has 39 heavy (non-hydrogen) atoms. The third kappa shape index (κ3) is 4.59. The number of carbonyl (C=O) groups is 2. The zero-order chi connectivity index (χ0) is 28.8. The van der Waals surface area contributed by atoms with Gasteiger partial charge in [-0.1, -0.05) is 12.1 Å². The second kappa shape index (κ2) is 10.5. The summed E-state index contributed by atoms with van der Waals surface area (Å²) in [5.74, 6) is -1.96. The molecule has 1 aromatic heterocycles. The summed E-state index contributed by atoms with van der Waals surface area (Å²) in [7, 11) is 0. The first kappa shape index (κ1) is 28.3. The number of carboxylic acid groups (broad SMARTS) is 2. The topological polar surface area (TPSA) is 85.8 Å². The molecular weight excluding hydrogens is 503 g/mol. The lowest BCUT2D eigenvalue weighted by molar-refractivity contribution is -0.363. The van der Waals surface area contributed by atoms with E-state index in [1.54, 1.807) is 27.7 Å². The number of allylic oxidation sites excluding steroid dienone is 2. The van der Waals surface area contributed by atoms with Crippen molar-refractivity contribution >= 4 is 35.9 Å². The van der Waals surface area contributed by atoms with Gasteiger partial charge in [0.1, 0.15) is 5.71 Å². The number of aliphatic carboxylic acids is 2. The fourth-order valence-corrected chi connectivity index (χ4v) is 6.34. The minimum absolute atomic E-state index is 0.151. The van der Waals surface area contributed by atoms with E-state index in [1.807, 2.05) is 24.3 Å². The van der Waals surface area contributed by atoms with Gasteiger partial charge in [0.25, 0.3) is 0 Å². The third-order valence-corrected chi connectivity index (χ3v) is 8.25.